The third kappa shape index (κ3) is 3.65. The Kier molecular flexibility index (Phi) is 5.15. The zero-order valence-electron chi connectivity index (χ0n) is 15.6. The minimum atomic E-state index is -1.04. The Balaban J connectivity index is 1.42. The van der Waals surface area contributed by atoms with Crippen LogP contribution in [0.4, 0.5) is 4.79 Å². The summed E-state index contributed by atoms with van der Waals surface area (Å²) >= 11 is 0. The highest BCUT2D eigenvalue weighted by Crippen LogP contribution is 2.44. The summed E-state index contributed by atoms with van der Waals surface area (Å²) in [6.07, 6.45) is 4.64. The molecule has 1 amide bonds. The van der Waals surface area contributed by atoms with Crippen molar-refractivity contribution in [2.45, 2.75) is 37.6 Å². The van der Waals surface area contributed by atoms with Gasteiger partial charge < -0.3 is 15.2 Å². The van der Waals surface area contributed by atoms with Gasteiger partial charge >= 0.3 is 12.1 Å². The molecule has 2 aromatic rings. The molecule has 2 aliphatic rings. The molecule has 0 aromatic heterocycles. The monoisotopic (exact) mass is 377 g/mol. The van der Waals surface area contributed by atoms with Crippen LogP contribution in [-0.2, 0) is 9.53 Å². The first-order valence-electron chi connectivity index (χ1n) is 9.65. The maximum Gasteiger partial charge on any atom is 0.407 e. The van der Waals surface area contributed by atoms with Crippen molar-refractivity contribution in [3.05, 3.63) is 71.3 Å². The minimum absolute atomic E-state index is 0.0426. The van der Waals surface area contributed by atoms with Crippen LogP contribution in [0.15, 0.2) is 60.2 Å². The molecule has 5 heteroatoms. The Hall–Kier alpha value is -3.08. The molecule has 0 heterocycles. The van der Waals surface area contributed by atoms with Crippen molar-refractivity contribution in [1.82, 2.24) is 5.32 Å². The average molecular weight is 377 g/mol. The van der Waals surface area contributed by atoms with Crippen LogP contribution >= 0.6 is 0 Å². The predicted molar refractivity (Wildman–Crippen MR) is 106 cm³/mol. The Morgan fingerprint density at radius 1 is 1.07 bits per heavy atom. The molecule has 0 radical (unpaired) electrons. The molecule has 0 unspecified atom stereocenters. The molecule has 0 saturated carbocycles. The van der Waals surface area contributed by atoms with E-state index in [2.05, 4.69) is 23.5 Å². The maximum absolute atomic E-state index is 12.3. The number of amides is 1. The van der Waals surface area contributed by atoms with Gasteiger partial charge in [0.1, 0.15) is 12.6 Å². The summed E-state index contributed by atoms with van der Waals surface area (Å²) in [5.41, 5.74) is 5.66. The highest BCUT2D eigenvalue weighted by molar-refractivity contribution is 5.81. The maximum atomic E-state index is 12.3. The Labute approximate surface area is 164 Å². The Morgan fingerprint density at radius 3 is 2.29 bits per heavy atom. The van der Waals surface area contributed by atoms with Gasteiger partial charge in [-0.2, -0.15) is 0 Å². The number of allylic oxidation sites excluding steroid dienone is 1. The Morgan fingerprint density at radius 2 is 1.71 bits per heavy atom. The highest BCUT2D eigenvalue weighted by atomic mass is 16.5. The van der Waals surface area contributed by atoms with Gasteiger partial charge in [-0.15, -0.1) is 0 Å². The second kappa shape index (κ2) is 7.89. The van der Waals surface area contributed by atoms with Gasteiger partial charge in [0.05, 0.1) is 0 Å². The van der Waals surface area contributed by atoms with Crippen molar-refractivity contribution in [2.75, 3.05) is 6.61 Å². The van der Waals surface area contributed by atoms with Crippen molar-refractivity contribution in [3.63, 3.8) is 0 Å². The second-order valence-corrected chi connectivity index (χ2v) is 7.32. The lowest BCUT2D eigenvalue weighted by Crippen LogP contribution is -2.41. The lowest BCUT2D eigenvalue weighted by Gasteiger charge is -2.18. The van der Waals surface area contributed by atoms with Gasteiger partial charge in [0, 0.05) is 5.92 Å². The molecule has 5 nitrogen and oxygen atoms in total. The second-order valence-electron chi connectivity index (χ2n) is 7.32. The molecule has 144 valence electrons. The third-order valence-electron chi connectivity index (χ3n) is 5.54. The van der Waals surface area contributed by atoms with E-state index >= 15 is 0 Å². The first-order chi connectivity index (χ1) is 13.6. The van der Waals surface area contributed by atoms with Crippen LogP contribution in [0.25, 0.3) is 11.1 Å². The standard InChI is InChI=1S/C23H23NO4/c25-22(26)21(13-15-7-1-2-8-15)24-23(27)28-14-20-18-11-5-3-9-16(18)17-10-4-6-12-19(17)20/h3-7,9-12,20-21H,1-2,8,13-14H2,(H,24,27)(H,25,26)/t21-/m1/s1. The molecule has 0 fully saturated rings. The number of benzene rings is 2. The molecule has 0 saturated heterocycles. The van der Waals surface area contributed by atoms with Crippen molar-refractivity contribution in [3.8, 4) is 11.1 Å². The van der Waals surface area contributed by atoms with Crippen molar-refractivity contribution in [1.29, 1.82) is 0 Å². The van der Waals surface area contributed by atoms with E-state index in [9.17, 15) is 14.7 Å². The van der Waals surface area contributed by atoms with Gasteiger partial charge in [-0.25, -0.2) is 9.59 Å². The van der Waals surface area contributed by atoms with E-state index in [1.807, 2.05) is 36.4 Å². The molecule has 2 N–H and O–H groups in total. The van der Waals surface area contributed by atoms with Crippen LogP contribution in [0.5, 0.6) is 0 Å². The van der Waals surface area contributed by atoms with Crippen LogP contribution in [0, 0.1) is 0 Å². The fourth-order valence-electron chi connectivity index (χ4n) is 4.17. The van der Waals surface area contributed by atoms with E-state index in [1.54, 1.807) is 0 Å². The van der Waals surface area contributed by atoms with Crippen LogP contribution < -0.4 is 5.32 Å². The fraction of sp³-hybridized carbons (Fsp3) is 0.304. The largest absolute Gasteiger partial charge is 0.480 e. The lowest BCUT2D eigenvalue weighted by molar-refractivity contribution is -0.139. The summed E-state index contributed by atoms with van der Waals surface area (Å²) in [6, 6.07) is 15.2. The summed E-state index contributed by atoms with van der Waals surface area (Å²) in [7, 11) is 0. The first kappa shape index (κ1) is 18.3. The summed E-state index contributed by atoms with van der Waals surface area (Å²) in [4.78, 5) is 23.8. The van der Waals surface area contributed by atoms with Crippen LogP contribution in [-0.4, -0.2) is 29.8 Å². The molecule has 0 bridgehead atoms. The smallest absolute Gasteiger partial charge is 0.407 e. The molecular formula is C23H23NO4. The normalized spacial score (nSPS) is 16.1. The first-order valence-corrected chi connectivity index (χ1v) is 9.65. The van der Waals surface area contributed by atoms with Gasteiger partial charge in [0.15, 0.2) is 0 Å². The van der Waals surface area contributed by atoms with Crippen LogP contribution in [0.3, 0.4) is 0 Å². The van der Waals surface area contributed by atoms with E-state index in [4.69, 9.17) is 4.74 Å². The highest BCUT2D eigenvalue weighted by Gasteiger charge is 2.30. The van der Waals surface area contributed by atoms with Crippen molar-refractivity contribution in [2.24, 2.45) is 0 Å². The van der Waals surface area contributed by atoms with Gasteiger partial charge in [0.25, 0.3) is 0 Å². The topological polar surface area (TPSA) is 75.6 Å². The zero-order valence-corrected chi connectivity index (χ0v) is 15.6. The van der Waals surface area contributed by atoms with E-state index < -0.39 is 18.1 Å². The van der Waals surface area contributed by atoms with E-state index in [0.717, 1.165) is 47.1 Å². The number of carbonyl (C=O) groups is 2. The number of rotatable bonds is 6. The molecule has 0 aliphatic heterocycles. The summed E-state index contributed by atoms with van der Waals surface area (Å²) < 4.78 is 5.45. The number of hydrogen-bond acceptors (Lipinski definition) is 3. The number of carbonyl (C=O) groups excluding carboxylic acids is 1. The van der Waals surface area contributed by atoms with Gasteiger partial charge in [0.2, 0.25) is 0 Å². The van der Waals surface area contributed by atoms with Gasteiger partial charge in [-0.1, -0.05) is 60.2 Å². The molecule has 2 aliphatic carbocycles. The number of carboxylic acids is 1. The number of nitrogens with one attached hydrogen (secondary N) is 1. The van der Waals surface area contributed by atoms with Crippen LogP contribution in [0.2, 0.25) is 0 Å². The zero-order chi connectivity index (χ0) is 19.5. The van der Waals surface area contributed by atoms with E-state index in [-0.39, 0.29) is 12.5 Å². The Bertz CT molecular complexity index is 888. The summed E-state index contributed by atoms with van der Waals surface area (Å²) in [5.74, 6) is -1.08. The molecule has 1 atom stereocenters. The van der Waals surface area contributed by atoms with Crippen molar-refractivity contribution < 1.29 is 19.4 Å². The number of hydrogen-bond donors (Lipinski definition) is 2. The van der Waals surface area contributed by atoms with E-state index in [1.165, 1.54) is 0 Å². The summed E-state index contributed by atoms with van der Waals surface area (Å²) in [6.45, 7) is 0.175. The molecule has 2 aromatic carbocycles. The van der Waals surface area contributed by atoms with Gasteiger partial charge in [-0.05, 0) is 47.9 Å². The number of ether oxygens (including phenoxy) is 1. The molecule has 0 spiro atoms. The SMILES string of the molecule is O=C(N[C@H](CC1=CCCC1)C(=O)O)OCC1c2ccccc2-c2ccccc21. The minimum Gasteiger partial charge on any atom is -0.480 e. The summed E-state index contributed by atoms with van der Waals surface area (Å²) in [5, 5.41) is 11.9. The molecule has 28 heavy (non-hydrogen) atoms. The number of alkyl carbamates (subject to hydrolysis) is 1. The number of fused-ring (bicyclic) bond motifs is 3. The lowest BCUT2D eigenvalue weighted by atomic mass is 9.98. The van der Waals surface area contributed by atoms with E-state index in [0.29, 0.717) is 6.42 Å². The molecular weight excluding hydrogens is 354 g/mol. The molecule has 4 rings (SSSR count). The third-order valence-corrected chi connectivity index (χ3v) is 5.54. The fourth-order valence-corrected chi connectivity index (χ4v) is 4.17. The predicted octanol–water partition coefficient (Wildman–Crippen LogP) is 4.48. The van der Waals surface area contributed by atoms with Crippen LogP contribution in [0.1, 0.15) is 42.7 Å². The quantitative estimate of drug-likeness (QED) is 0.728. The average Bonchev–Trinajstić information content (AvgIpc) is 3.32. The number of aliphatic carboxylic acids is 1. The van der Waals surface area contributed by atoms with Crippen molar-refractivity contribution >= 4 is 12.1 Å². The van der Waals surface area contributed by atoms with Gasteiger partial charge in [-0.3, -0.25) is 0 Å². The number of carboxylic acid groups (broad SMARTS) is 1.